The Balaban J connectivity index is 2.50. The SMILES string of the molecule is CC(C)CC(CNC(C)C)Cc1cnn(C)c1. The van der Waals surface area contributed by atoms with Gasteiger partial charge in [-0.15, -0.1) is 0 Å². The second-order valence-corrected chi connectivity index (χ2v) is 5.78. The number of rotatable bonds is 7. The van der Waals surface area contributed by atoms with E-state index in [1.165, 1.54) is 12.0 Å². The van der Waals surface area contributed by atoms with Crippen molar-refractivity contribution in [3.8, 4) is 0 Å². The molecule has 0 aliphatic rings. The van der Waals surface area contributed by atoms with Crippen LogP contribution in [0.1, 0.15) is 39.7 Å². The Morgan fingerprint density at radius 3 is 2.47 bits per heavy atom. The number of nitrogens with zero attached hydrogens (tertiary/aromatic N) is 2. The van der Waals surface area contributed by atoms with Crippen molar-refractivity contribution in [2.45, 2.75) is 46.6 Å². The summed E-state index contributed by atoms with van der Waals surface area (Å²) in [5, 5.41) is 7.79. The molecule has 0 radical (unpaired) electrons. The maximum atomic E-state index is 4.24. The lowest BCUT2D eigenvalue weighted by atomic mass is 9.92. The van der Waals surface area contributed by atoms with Crippen molar-refractivity contribution in [2.24, 2.45) is 18.9 Å². The van der Waals surface area contributed by atoms with E-state index >= 15 is 0 Å². The lowest BCUT2D eigenvalue weighted by Crippen LogP contribution is -2.30. The predicted octanol–water partition coefficient (Wildman–Crippen LogP) is 2.62. The minimum atomic E-state index is 0.568. The zero-order valence-corrected chi connectivity index (χ0v) is 11.9. The molecule has 0 spiro atoms. The van der Waals surface area contributed by atoms with Crippen LogP contribution in [0.3, 0.4) is 0 Å². The maximum absolute atomic E-state index is 4.24. The van der Waals surface area contributed by atoms with Crippen LogP contribution < -0.4 is 5.32 Å². The zero-order chi connectivity index (χ0) is 12.8. The standard InChI is InChI=1S/C14H27N3/c1-11(2)6-13(8-15-12(3)4)7-14-9-16-17(5)10-14/h9-13,15H,6-8H2,1-5H3. The summed E-state index contributed by atoms with van der Waals surface area (Å²) < 4.78 is 1.89. The summed E-state index contributed by atoms with van der Waals surface area (Å²) in [7, 11) is 1.98. The normalized spacial score (nSPS) is 13.6. The van der Waals surface area contributed by atoms with Gasteiger partial charge in [-0.2, -0.15) is 5.10 Å². The number of hydrogen-bond acceptors (Lipinski definition) is 2. The zero-order valence-electron chi connectivity index (χ0n) is 11.9. The van der Waals surface area contributed by atoms with Crippen LogP contribution in [0, 0.1) is 11.8 Å². The third kappa shape index (κ3) is 5.87. The molecule has 17 heavy (non-hydrogen) atoms. The minimum Gasteiger partial charge on any atom is -0.314 e. The summed E-state index contributed by atoms with van der Waals surface area (Å²) in [5.41, 5.74) is 1.35. The third-order valence-electron chi connectivity index (χ3n) is 2.90. The van der Waals surface area contributed by atoms with Crippen LogP contribution in [0.15, 0.2) is 12.4 Å². The van der Waals surface area contributed by atoms with E-state index in [1.54, 1.807) is 0 Å². The van der Waals surface area contributed by atoms with Crippen molar-refractivity contribution in [3.05, 3.63) is 18.0 Å². The molecule has 0 saturated carbocycles. The van der Waals surface area contributed by atoms with Gasteiger partial charge in [0.25, 0.3) is 0 Å². The fourth-order valence-corrected chi connectivity index (χ4v) is 2.22. The third-order valence-corrected chi connectivity index (χ3v) is 2.90. The Morgan fingerprint density at radius 1 is 1.29 bits per heavy atom. The van der Waals surface area contributed by atoms with Gasteiger partial charge >= 0.3 is 0 Å². The molecule has 0 fully saturated rings. The molecule has 1 heterocycles. The summed E-state index contributed by atoms with van der Waals surface area (Å²) in [5.74, 6) is 1.47. The highest BCUT2D eigenvalue weighted by molar-refractivity contribution is 5.05. The average Bonchev–Trinajstić information content (AvgIpc) is 2.59. The van der Waals surface area contributed by atoms with E-state index in [2.05, 4.69) is 44.3 Å². The molecule has 0 saturated heterocycles. The first-order valence-corrected chi connectivity index (χ1v) is 6.68. The smallest absolute Gasteiger partial charge is 0.0521 e. The highest BCUT2D eigenvalue weighted by Crippen LogP contribution is 2.16. The molecule has 0 amide bonds. The van der Waals surface area contributed by atoms with E-state index in [0.717, 1.165) is 18.9 Å². The van der Waals surface area contributed by atoms with Gasteiger partial charge in [-0.05, 0) is 36.8 Å². The van der Waals surface area contributed by atoms with E-state index in [1.807, 2.05) is 17.9 Å². The molecule has 3 nitrogen and oxygen atoms in total. The number of aromatic nitrogens is 2. The Morgan fingerprint density at radius 2 is 2.00 bits per heavy atom. The van der Waals surface area contributed by atoms with Gasteiger partial charge in [0.05, 0.1) is 6.20 Å². The molecule has 1 aromatic heterocycles. The monoisotopic (exact) mass is 237 g/mol. The van der Waals surface area contributed by atoms with Crippen LogP contribution in [-0.2, 0) is 13.5 Å². The van der Waals surface area contributed by atoms with Crippen LogP contribution in [-0.4, -0.2) is 22.4 Å². The Labute approximate surface area is 106 Å². The van der Waals surface area contributed by atoms with Crippen LogP contribution in [0.2, 0.25) is 0 Å². The van der Waals surface area contributed by atoms with E-state index < -0.39 is 0 Å². The van der Waals surface area contributed by atoms with Gasteiger partial charge in [-0.3, -0.25) is 4.68 Å². The van der Waals surface area contributed by atoms with Crippen LogP contribution in [0.4, 0.5) is 0 Å². The quantitative estimate of drug-likeness (QED) is 0.790. The van der Waals surface area contributed by atoms with Crippen LogP contribution in [0.25, 0.3) is 0 Å². The molecule has 1 N–H and O–H groups in total. The fraction of sp³-hybridized carbons (Fsp3) is 0.786. The van der Waals surface area contributed by atoms with Crippen LogP contribution in [0.5, 0.6) is 0 Å². The topological polar surface area (TPSA) is 29.9 Å². The molecule has 0 aliphatic heterocycles. The molecule has 0 aromatic carbocycles. The van der Waals surface area contributed by atoms with Crippen molar-refractivity contribution < 1.29 is 0 Å². The highest BCUT2D eigenvalue weighted by Gasteiger charge is 2.13. The first kappa shape index (κ1) is 14.2. The maximum Gasteiger partial charge on any atom is 0.0521 e. The molecular weight excluding hydrogens is 210 g/mol. The molecule has 1 aromatic rings. The summed E-state index contributed by atoms with van der Waals surface area (Å²) in [6.07, 6.45) is 6.52. The van der Waals surface area contributed by atoms with Gasteiger partial charge in [0.2, 0.25) is 0 Å². The molecule has 0 aliphatic carbocycles. The first-order chi connectivity index (χ1) is 7.97. The summed E-state index contributed by atoms with van der Waals surface area (Å²) in [4.78, 5) is 0. The second-order valence-electron chi connectivity index (χ2n) is 5.78. The molecular formula is C14H27N3. The summed E-state index contributed by atoms with van der Waals surface area (Å²) in [6.45, 7) is 10.1. The molecule has 1 atom stereocenters. The first-order valence-electron chi connectivity index (χ1n) is 6.68. The lowest BCUT2D eigenvalue weighted by molar-refractivity contribution is 0.373. The predicted molar refractivity (Wildman–Crippen MR) is 73.0 cm³/mol. The Kier molecular flexibility index (Phi) is 5.69. The Bertz CT molecular complexity index is 315. The van der Waals surface area contributed by atoms with E-state index in [4.69, 9.17) is 0 Å². The second kappa shape index (κ2) is 6.80. The van der Waals surface area contributed by atoms with Gasteiger partial charge in [-0.1, -0.05) is 27.7 Å². The van der Waals surface area contributed by atoms with Gasteiger partial charge in [0.15, 0.2) is 0 Å². The largest absolute Gasteiger partial charge is 0.314 e. The van der Waals surface area contributed by atoms with Crippen molar-refractivity contribution >= 4 is 0 Å². The summed E-state index contributed by atoms with van der Waals surface area (Å²) in [6, 6.07) is 0.568. The number of nitrogens with one attached hydrogen (secondary N) is 1. The molecule has 98 valence electrons. The molecule has 1 unspecified atom stereocenters. The van der Waals surface area contributed by atoms with Gasteiger partial charge in [0, 0.05) is 19.3 Å². The average molecular weight is 237 g/mol. The van der Waals surface area contributed by atoms with Gasteiger partial charge in [-0.25, -0.2) is 0 Å². The minimum absolute atomic E-state index is 0.568. The van der Waals surface area contributed by atoms with Crippen molar-refractivity contribution in [3.63, 3.8) is 0 Å². The Hall–Kier alpha value is -0.830. The highest BCUT2D eigenvalue weighted by atomic mass is 15.2. The molecule has 0 bridgehead atoms. The fourth-order valence-electron chi connectivity index (χ4n) is 2.22. The molecule has 1 rings (SSSR count). The van der Waals surface area contributed by atoms with Crippen molar-refractivity contribution in [2.75, 3.05) is 6.54 Å². The number of hydrogen-bond donors (Lipinski definition) is 1. The van der Waals surface area contributed by atoms with E-state index in [9.17, 15) is 0 Å². The van der Waals surface area contributed by atoms with E-state index in [-0.39, 0.29) is 0 Å². The number of aryl methyl sites for hydroxylation is 1. The summed E-state index contributed by atoms with van der Waals surface area (Å²) >= 11 is 0. The lowest BCUT2D eigenvalue weighted by Gasteiger charge is -2.20. The van der Waals surface area contributed by atoms with Crippen LogP contribution >= 0.6 is 0 Å². The van der Waals surface area contributed by atoms with E-state index in [0.29, 0.717) is 12.0 Å². The van der Waals surface area contributed by atoms with Crippen molar-refractivity contribution in [1.29, 1.82) is 0 Å². The molecule has 3 heteroatoms. The van der Waals surface area contributed by atoms with Crippen molar-refractivity contribution in [1.82, 2.24) is 15.1 Å². The van der Waals surface area contributed by atoms with Gasteiger partial charge < -0.3 is 5.32 Å². The van der Waals surface area contributed by atoms with Gasteiger partial charge in [0.1, 0.15) is 0 Å².